The van der Waals surface area contributed by atoms with Crippen LogP contribution in [0.1, 0.15) is 18.1 Å². The molecule has 0 saturated carbocycles. The number of hydrogen-bond donors (Lipinski definition) is 0. The zero-order valence-electron chi connectivity index (χ0n) is 9.32. The summed E-state index contributed by atoms with van der Waals surface area (Å²) in [4.78, 5) is 4.39. The van der Waals surface area contributed by atoms with E-state index in [1.54, 1.807) is 0 Å². The minimum absolute atomic E-state index is 0.399. The molecule has 0 atom stereocenters. The number of methoxy groups -OCH3 is 1. The van der Waals surface area contributed by atoms with Gasteiger partial charge >= 0.3 is 0 Å². The van der Waals surface area contributed by atoms with Crippen LogP contribution in [-0.4, -0.2) is 12.1 Å². The minimum atomic E-state index is 0.399. The van der Waals surface area contributed by atoms with Crippen LogP contribution < -0.4 is 4.74 Å². The molecule has 1 aromatic heterocycles. The van der Waals surface area contributed by atoms with Crippen molar-refractivity contribution in [2.75, 3.05) is 7.11 Å². The molecule has 1 heterocycles. The van der Waals surface area contributed by atoms with Gasteiger partial charge in [0, 0.05) is 5.39 Å². The summed E-state index contributed by atoms with van der Waals surface area (Å²) in [6.45, 7) is 2.08. The Labute approximate surface area is 94.3 Å². The van der Waals surface area contributed by atoms with Crippen LogP contribution in [0, 0.1) is 11.3 Å². The molecular weight excluding hydrogens is 200 g/mol. The summed E-state index contributed by atoms with van der Waals surface area (Å²) in [7, 11) is 1.53. The Balaban J connectivity index is 2.79. The van der Waals surface area contributed by atoms with Gasteiger partial charge in [-0.25, -0.2) is 4.98 Å². The summed E-state index contributed by atoms with van der Waals surface area (Å²) in [5, 5.41) is 9.95. The predicted molar refractivity (Wildman–Crippen MR) is 62.4 cm³/mol. The molecule has 80 valence electrons. The summed E-state index contributed by atoms with van der Waals surface area (Å²) in [5.74, 6) is 0.399. The van der Waals surface area contributed by atoms with Crippen LogP contribution in [0.4, 0.5) is 0 Å². The lowest BCUT2D eigenvalue weighted by Gasteiger charge is -2.07. The van der Waals surface area contributed by atoms with E-state index in [0.717, 1.165) is 17.3 Å². The SMILES string of the molecule is CCc1cccc2cc(C#N)c(OC)nc12. The molecule has 0 bridgehead atoms. The zero-order valence-corrected chi connectivity index (χ0v) is 9.32. The van der Waals surface area contributed by atoms with Gasteiger partial charge in [-0.3, -0.25) is 0 Å². The molecule has 3 nitrogen and oxygen atoms in total. The smallest absolute Gasteiger partial charge is 0.231 e. The predicted octanol–water partition coefficient (Wildman–Crippen LogP) is 2.68. The maximum Gasteiger partial charge on any atom is 0.231 e. The lowest BCUT2D eigenvalue weighted by atomic mass is 10.1. The average molecular weight is 212 g/mol. The van der Waals surface area contributed by atoms with Crippen molar-refractivity contribution in [3.63, 3.8) is 0 Å². The summed E-state index contributed by atoms with van der Waals surface area (Å²) in [5.41, 5.74) is 2.56. The summed E-state index contributed by atoms with van der Waals surface area (Å²) >= 11 is 0. The lowest BCUT2D eigenvalue weighted by molar-refractivity contribution is 0.398. The lowest BCUT2D eigenvalue weighted by Crippen LogP contribution is -1.95. The van der Waals surface area contributed by atoms with E-state index in [1.807, 2.05) is 24.3 Å². The van der Waals surface area contributed by atoms with Gasteiger partial charge in [0.15, 0.2) is 0 Å². The zero-order chi connectivity index (χ0) is 11.5. The van der Waals surface area contributed by atoms with Gasteiger partial charge in [0.1, 0.15) is 11.6 Å². The van der Waals surface area contributed by atoms with Crippen molar-refractivity contribution in [1.29, 1.82) is 5.26 Å². The molecule has 16 heavy (non-hydrogen) atoms. The first kappa shape index (κ1) is 10.4. The second-order valence-electron chi connectivity index (χ2n) is 3.50. The molecule has 2 rings (SSSR count). The molecule has 0 aliphatic heterocycles. The third-order valence-electron chi connectivity index (χ3n) is 2.59. The number of hydrogen-bond acceptors (Lipinski definition) is 3. The monoisotopic (exact) mass is 212 g/mol. The fourth-order valence-electron chi connectivity index (χ4n) is 1.76. The number of nitrogens with zero attached hydrogens (tertiary/aromatic N) is 2. The fourth-order valence-corrected chi connectivity index (χ4v) is 1.76. The Morgan fingerprint density at radius 3 is 2.88 bits per heavy atom. The first-order chi connectivity index (χ1) is 7.80. The van der Waals surface area contributed by atoms with Crippen molar-refractivity contribution in [1.82, 2.24) is 4.98 Å². The normalized spacial score (nSPS) is 10.1. The van der Waals surface area contributed by atoms with Crippen molar-refractivity contribution in [3.05, 3.63) is 35.4 Å². The van der Waals surface area contributed by atoms with Crippen LogP contribution in [-0.2, 0) is 6.42 Å². The highest BCUT2D eigenvalue weighted by Crippen LogP contribution is 2.24. The molecule has 0 aliphatic carbocycles. The van der Waals surface area contributed by atoms with Crippen molar-refractivity contribution in [3.8, 4) is 11.9 Å². The van der Waals surface area contributed by atoms with E-state index in [0.29, 0.717) is 11.4 Å². The fraction of sp³-hybridized carbons (Fsp3) is 0.231. The number of ether oxygens (including phenoxy) is 1. The van der Waals surface area contributed by atoms with Crippen LogP contribution in [0.5, 0.6) is 5.88 Å². The highest BCUT2D eigenvalue weighted by molar-refractivity contribution is 5.84. The number of pyridine rings is 1. The molecule has 0 aliphatic rings. The highest BCUT2D eigenvalue weighted by atomic mass is 16.5. The van der Waals surface area contributed by atoms with Gasteiger partial charge in [-0.2, -0.15) is 5.26 Å². The first-order valence-corrected chi connectivity index (χ1v) is 5.17. The minimum Gasteiger partial charge on any atom is -0.480 e. The molecule has 0 spiro atoms. The molecule has 3 heteroatoms. The van der Waals surface area contributed by atoms with Crippen molar-refractivity contribution in [2.45, 2.75) is 13.3 Å². The molecule has 2 aromatic rings. The second kappa shape index (κ2) is 4.19. The molecule has 0 radical (unpaired) electrons. The van der Waals surface area contributed by atoms with Gasteiger partial charge < -0.3 is 4.74 Å². The van der Waals surface area contributed by atoms with Gasteiger partial charge in [0.2, 0.25) is 5.88 Å². The summed E-state index contributed by atoms with van der Waals surface area (Å²) in [6.07, 6.45) is 0.916. The maximum absolute atomic E-state index is 8.97. The van der Waals surface area contributed by atoms with Crippen LogP contribution >= 0.6 is 0 Å². The number of benzene rings is 1. The van der Waals surface area contributed by atoms with Crippen LogP contribution in [0.25, 0.3) is 10.9 Å². The largest absolute Gasteiger partial charge is 0.480 e. The molecule has 0 fully saturated rings. The van der Waals surface area contributed by atoms with E-state index in [4.69, 9.17) is 10.00 Å². The molecule has 0 unspecified atom stereocenters. The number of aryl methyl sites for hydroxylation is 1. The number of fused-ring (bicyclic) bond motifs is 1. The summed E-state index contributed by atoms with van der Waals surface area (Å²) < 4.78 is 5.11. The van der Waals surface area contributed by atoms with Gasteiger partial charge in [-0.1, -0.05) is 25.1 Å². The van der Waals surface area contributed by atoms with Crippen molar-refractivity contribution in [2.24, 2.45) is 0 Å². The van der Waals surface area contributed by atoms with Gasteiger partial charge in [-0.15, -0.1) is 0 Å². The Hall–Kier alpha value is -2.08. The number of para-hydroxylation sites is 1. The van der Waals surface area contributed by atoms with Crippen molar-refractivity contribution < 1.29 is 4.74 Å². The van der Waals surface area contributed by atoms with Crippen LogP contribution in [0.3, 0.4) is 0 Å². The summed E-state index contributed by atoms with van der Waals surface area (Å²) in [6, 6.07) is 9.89. The van der Waals surface area contributed by atoms with E-state index in [2.05, 4.69) is 18.0 Å². The molecule has 1 aromatic carbocycles. The Morgan fingerprint density at radius 1 is 1.44 bits per heavy atom. The van der Waals surface area contributed by atoms with Gasteiger partial charge in [-0.05, 0) is 18.1 Å². The van der Waals surface area contributed by atoms with Gasteiger partial charge in [0.05, 0.1) is 12.6 Å². The second-order valence-corrected chi connectivity index (χ2v) is 3.50. The Kier molecular flexibility index (Phi) is 2.74. The molecule has 0 saturated heterocycles. The van der Waals surface area contributed by atoms with E-state index >= 15 is 0 Å². The van der Waals surface area contributed by atoms with E-state index < -0.39 is 0 Å². The van der Waals surface area contributed by atoms with Crippen molar-refractivity contribution >= 4 is 10.9 Å². The number of rotatable bonds is 2. The molecule has 0 N–H and O–H groups in total. The Bertz CT molecular complexity index is 570. The van der Waals surface area contributed by atoms with Gasteiger partial charge in [0.25, 0.3) is 0 Å². The van der Waals surface area contributed by atoms with E-state index in [9.17, 15) is 0 Å². The first-order valence-electron chi connectivity index (χ1n) is 5.17. The van der Waals surface area contributed by atoms with Crippen LogP contribution in [0.15, 0.2) is 24.3 Å². The average Bonchev–Trinajstić information content (AvgIpc) is 2.36. The Morgan fingerprint density at radius 2 is 2.25 bits per heavy atom. The molecular formula is C13H12N2O. The molecule has 0 amide bonds. The van der Waals surface area contributed by atoms with E-state index in [-0.39, 0.29) is 0 Å². The van der Waals surface area contributed by atoms with Crippen LogP contribution in [0.2, 0.25) is 0 Å². The third kappa shape index (κ3) is 1.59. The van der Waals surface area contributed by atoms with E-state index in [1.165, 1.54) is 12.7 Å². The standard InChI is InChI=1S/C13H12N2O/c1-3-9-5-4-6-10-7-11(8-14)13(16-2)15-12(9)10/h4-7H,3H2,1-2H3. The third-order valence-corrected chi connectivity index (χ3v) is 2.59. The quantitative estimate of drug-likeness (QED) is 0.768. The topological polar surface area (TPSA) is 45.9 Å². The number of nitriles is 1. The number of aromatic nitrogens is 1. The highest BCUT2D eigenvalue weighted by Gasteiger charge is 2.08. The maximum atomic E-state index is 8.97.